The first-order valence-electron chi connectivity index (χ1n) is 9.80. The van der Waals surface area contributed by atoms with Gasteiger partial charge in [-0.25, -0.2) is 18.3 Å². The summed E-state index contributed by atoms with van der Waals surface area (Å²) in [6, 6.07) is 2.26. The van der Waals surface area contributed by atoms with Gasteiger partial charge in [0.1, 0.15) is 22.9 Å². The molecular weight excluding hydrogens is 378 g/mol. The van der Waals surface area contributed by atoms with Crippen molar-refractivity contribution >= 4 is 11.9 Å². The molecule has 8 heteroatoms. The topological polar surface area (TPSA) is 73.4 Å². The molecule has 1 amide bonds. The van der Waals surface area contributed by atoms with Crippen LogP contribution in [0.4, 0.5) is 19.4 Å². The van der Waals surface area contributed by atoms with Crippen LogP contribution in [0, 0.1) is 19.7 Å². The number of carbonyl (C=O) groups is 1. The van der Waals surface area contributed by atoms with Gasteiger partial charge in [-0.05, 0) is 70.7 Å². The minimum atomic E-state index is -1.46. The van der Waals surface area contributed by atoms with Gasteiger partial charge in [0.05, 0.1) is 17.8 Å². The van der Waals surface area contributed by atoms with Crippen molar-refractivity contribution in [2.75, 3.05) is 5.73 Å². The standard InChI is InChI=1S/C21H26F2N4O2/c1-10-8-12(9-11(2)16(10)22)27-19(24)15-13-6-7-14(17(23)18(15)25-27)26(13)20(28)29-21(3,4)5/h8-9,13-14,17H,6-7,24H2,1-5H3. The van der Waals surface area contributed by atoms with Crippen LogP contribution < -0.4 is 5.73 Å². The molecule has 0 aliphatic carbocycles. The molecule has 2 aliphatic heterocycles. The summed E-state index contributed by atoms with van der Waals surface area (Å²) >= 11 is 0. The first-order chi connectivity index (χ1) is 13.5. The van der Waals surface area contributed by atoms with Gasteiger partial charge in [0.15, 0.2) is 6.17 Å². The highest BCUT2D eigenvalue weighted by molar-refractivity contribution is 5.72. The van der Waals surface area contributed by atoms with Crippen LogP contribution >= 0.6 is 0 Å². The average molecular weight is 404 g/mol. The second-order valence-corrected chi connectivity index (χ2v) is 8.94. The summed E-state index contributed by atoms with van der Waals surface area (Å²) in [5, 5.41) is 4.44. The van der Waals surface area contributed by atoms with Gasteiger partial charge >= 0.3 is 6.09 Å². The molecule has 2 aliphatic rings. The Bertz CT molecular complexity index is 972. The lowest BCUT2D eigenvalue weighted by Gasteiger charge is -2.37. The number of benzene rings is 1. The molecule has 0 spiro atoms. The predicted octanol–water partition coefficient (Wildman–Crippen LogP) is 4.68. The van der Waals surface area contributed by atoms with E-state index in [1.54, 1.807) is 46.8 Å². The smallest absolute Gasteiger partial charge is 0.411 e. The van der Waals surface area contributed by atoms with Crippen LogP contribution in [0.2, 0.25) is 0 Å². The first kappa shape index (κ1) is 19.7. The molecule has 4 rings (SSSR count). The maximum Gasteiger partial charge on any atom is 0.411 e. The zero-order valence-electron chi connectivity index (χ0n) is 17.3. The third-order valence-corrected chi connectivity index (χ3v) is 5.62. The maximum atomic E-state index is 15.4. The van der Waals surface area contributed by atoms with Crippen LogP contribution in [0.1, 0.15) is 68.2 Å². The minimum absolute atomic E-state index is 0.259. The Morgan fingerprint density at radius 3 is 2.45 bits per heavy atom. The molecule has 1 aromatic carbocycles. The third-order valence-electron chi connectivity index (χ3n) is 5.62. The highest BCUT2D eigenvalue weighted by Crippen LogP contribution is 2.52. The van der Waals surface area contributed by atoms with Crippen molar-refractivity contribution in [2.24, 2.45) is 0 Å². The van der Waals surface area contributed by atoms with Crippen molar-refractivity contribution in [1.82, 2.24) is 14.7 Å². The van der Waals surface area contributed by atoms with Gasteiger partial charge in [-0.3, -0.25) is 4.90 Å². The maximum absolute atomic E-state index is 15.4. The van der Waals surface area contributed by atoms with Gasteiger partial charge in [0, 0.05) is 5.56 Å². The van der Waals surface area contributed by atoms with Gasteiger partial charge < -0.3 is 10.5 Å². The van der Waals surface area contributed by atoms with Gasteiger partial charge in [0.2, 0.25) is 0 Å². The Balaban J connectivity index is 1.79. The Morgan fingerprint density at radius 2 is 1.86 bits per heavy atom. The number of halogens is 2. The average Bonchev–Trinajstić information content (AvgIpc) is 3.15. The Hall–Kier alpha value is -2.64. The SMILES string of the molecule is Cc1cc(-n2nc3c(c2N)C2CCC(C3F)N2C(=O)OC(C)(C)C)cc(C)c1F. The summed E-state index contributed by atoms with van der Waals surface area (Å²) in [4.78, 5) is 14.2. The number of carbonyl (C=O) groups excluding carboxylic acids is 1. The molecule has 29 heavy (non-hydrogen) atoms. The second-order valence-electron chi connectivity index (χ2n) is 8.94. The number of aromatic nitrogens is 2. The van der Waals surface area contributed by atoms with Crippen molar-refractivity contribution < 1.29 is 18.3 Å². The van der Waals surface area contributed by atoms with Gasteiger partial charge in [-0.2, -0.15) is 5.10 Å². The molecule has 2 N–H and O–H groups in total. The number of ether oxygens (including phenoxy) is 1. The lowest BCUT2D eigenvalue weighted by Crippen LogP contribution is -2.45. The predicted molar refractivity (Wildman–Crippen MR) is 105 cm³/mol. The minimum Gasteiger partial charge on any atom is -0.444 e. The summed E-state index contributed by atoms with van der Waals surface area (Å²) < 4.78 is 36.4. The number of amides is 1. The van der Waals surface area contributed by atoms with E-state index in [2.05, 4.69) is 5.10 Å². The van der Waals surface area contributed by atoms with Gasteiger partial charge in [-0.15, -0.1) is 0 Å². The number of hydrogen-bond acceptors (Lipinski definition) is 4. The molecule has 3 heterocycles. The molecular formula is C21H26F2N4O2. The van der Waals surface area contributed by atoms with E-state index in [0.717, 1.165) is 0 Å². The lowest BCUT2D eigenvalue weighted by molar-refractivity contribution is 0.00115. The molecule has 1 fully saturated rings. The lowest BCUT2D eigenvalue weighted by atomic mass is 9.98. The number of fused-ring (bicyclic) bond motifs is 4. The second kappa shape index (κ2) is 6.43. The number of nitrogen functional groups attached to an aromatic ring is 1. The van der Waals surface area contributed by atoms with Crippen LogP contribution in [0.5, 0.6) is 0 Å². The van der Waals surface area contributed by atoms with Gasteiger partial charge in [-0.1, -0.05) is 0 Å². The summed E-state index contributed by atoms with van der Waals surface area (Å²) in [7, 11) is 0. The number of aryl methyl sites for hydroxylation is 2. The fourth-order valence-electron chi connectivity index (χ4n) is 4.42. The first-order valence-corrected chi connectivity index (χ1v) is 9.80. The monoisotopic (exact) mass is 404 g/mol. The van der Waals surface area contributed by atoms with Crippen LogP contribution in [0.25, 0.3) is 5.69 Å². The molecule has 156 valence electrons. The van der Waals surface area contributed by atoms with E-state index in [1.165, 1.54) is 9.58 Å². The summed E-state index contributed by atoms with van der Waals surface area (Å²) in [6.45, 7) is 8.66. The normalized spacial score (nSPS) is 23.3. The van der Waals surface area contributed by atoms with E-state index in [9.17, 15) is 9.18 Å². The highest BCUT2D eigenvalue weighted by atomic mass is 19.1. The molecule has 3 unspecified atom stereocenters. The van der Waals surface area contributed by atoms with Crippen molar-refractivity contribution in [3.63, 3.8) is 0 Å². The van der Waals surface area contributed by atoms with E-state index in [1.807, 2.05) is 0 Å². The number of nitrogens with zero attached hydrogens (tertiary/aromatic N) is 3. The van der Waals surface area contributed by atoms with Crippen molar-refractivity contribution in [2.45, 2.75) is 71.3 Å². The van der Waals surface area contributed by atoms with Crippen molar-refractivity contribution in [3.8, 4) is 5.69 Å². The van der Waals surface area contributed by atoms with Gasteiger partial charge in [0.25, 0.3) is 0 Å². The number of rotatable bonds is 1. The van der Waals surface area contributed by atoms with E-state index in [-0.39, 0.29) is 23.4 Å². The molecule has 6 nitrogen and oxygen atoms in total. The van der Waals surface area contributed by atoms with Crippen LogP contribution in [-0.2, 0) is 4.74 Å². The Morgan fingerprint density at radius 1 is 1.24 bits per heavy atom. The fourth-order valence-corrected chi connectivity index (χ4v) is 4.42. The van der Waals surface area contributed by atoms with E-state index in [0.29, 0.717) is 35.2 Å². The zero-order chi connectivity index (χ0) is 21.2. The molecule has 2 aromatic rings. The number of hydrogen-bond donors (Lipinski definition) is 1. The van der Waals surface area contributed by atoms with E-state index in [4.69, 9.17) is 10.5 Å². The van der Waals surface area contributed by atoms with Crippen molar-refractivity contribution in [1.29, 1.82) is 0 Å². The molecule has 0 radical (unpaired) electrons. The molecule has 0 saturated carbocycles. The summed E-state index contributed by atoms with van der Waals surface area (Å²) in [6.07, 6.45) is -0.883. The molecule has 1 aromatic heterocycles. The Labute approximate surface area is 168 Å². The van der Waals surface area contributed by atoms with E-state index < -0.39 is 23.9 Å². The van der Waals surface area contributed by atoms with Crippen molar-refractivity contribution in [3.05, 3.63) is 40.3 Å². The quantitative estimate of drug-likeness (QED) is 0.749. The third kappa shape index (κ3) is 3.05. The molecule has 1 saturated heterocycles. The largest absolute Gasteiger partial charge is 0.444 e. The van der Waals surface area contributed by atoms with Crippen LogP contribution in [0.3, 0.4) is 0 Å². The van der Waals surface area contributed by atoms with Crippen LogP contribution in [-0.4, -0.2) is 32.4 Å². The fraction of sp³-hybridized carbons (Fsp3) is 0.524. The van der Waals surface area contributed by atoms with E-state index >= 15 is 4.39 Å². The zero-order valence-corrected chi connectivity index (χ0v) is 17.3. The number of anilines is 1. The summed E-state index contributed by atoms with van der Waals surface area (Å²) in [5.74, 6) is -0.0188. The highest BCUT2D eigenvalue weighted by Gasteiger charge is 2.52. The summed E-state index contributed by atoms with van der Waals surface area (Å²) in [5.41, 5.74) is 7.99. The molecule has 2 bridgehead atoms. The molecule has 3 atom stereocenters. The Kier molecular flexibility index (Phi) is 4.36. The number of nitrogens with two attached hydrogens (primary N) is 1. The van der Waals surface area contributed by atoms with Crippen LogP contribution in [0.15, 0.2) is 12.1 Å². The number of alkyl halides is 1.